The Labute approximate surface area is 159 Å². The van der Waals surface area contributed by atoms with Crippen LogP contribution in [-0.2, 0) is 16.0 Å². The van der Waals surface area contributed by atoms with Gasteiger partial charge < -0.3 is 15.4 Å². The Morgan fingerprint density at radius 3 is 2.78 bits per heavy atom. The summed E-state index contributed by atoms with van der Waals surface area (Å²) < 4.78 is 5.08. The lowest BCUT2D eigenvalue weighted by molar-refractivity contribution is -0.384. The van der Waals surface area contributed by atoms with Crippen molar-refractivity contribution in [3.05, 3.63) is 62.7 Å². The van der Waals surface area contributed by atoms with Gasteiger partial charge in [-0.1, -0.05) is 11.6 Å². The molecular formula is C18H16ClN3O5. The second-order valence-corrected chi connectivity index (χ2v) is 6.46. The molecule has 0 atom stereocenters. The zero-order valence-corrected chi connectivity index (χ0v) is 14.9. The number of nitrogens with zero attached hydrogens (tertiary/aromatic N) is 2. The maximum atomic E-state index is 12.5. The molecule has 8 nitrogen and oxygen atoms in total. The van der Waals surface area contributed by atoms with Crippen LogP contribution in [0.25, 0.3) is 0 Å². The molecule has 1 aliphatic heterocycles. The Bertz CT molecular complexity index is 931. The van der Waals surface area contributed by atoms with Gasteiger partial charge in [-0.05, 0) is 42.7 Å². The number of hydrogen-bond acceptors (Lipinski definition) is 6. The first-order valence-corrected chi connectivity index (χ1v) is 8.54. The van der Waals surface area contributed by atoms with Crippen molar-refractivity contribution in [1.82, 2.24) is 0 Å². The van der Waals surface area contributed by atoms with Gasteiger partial charge in [-0.2, -0.15) is 0 Å². The van der Waals surface area contributed by atoms with E-state index in [1.807, 2.05) is 0 Å². The van der Waals surface area contributed by atoms with Crippen molar-refractivity contribution in [1.29, 1.82) is 0 Å². The fraction of sp³-hybridized carbons (Fsp3) is 0.222. The Morgan fingerprint density at radius 2 is 2.04 bits per heavy atom. The van der Waals surface area contributed by atoms with Crippen LogP contribution in [0.3, 0.4) is 0 Å². The molecular weight excluding hydrogens is 374 g/mol. The van der Waals surface area contributed by atoms with E-state index in [1.165, 1.54) is 29.2 Å². The lowest BCUT2D eigenvalue weighted by Gasteiger charge is -2.29. The van der Waals surface area contributed by atoms with E-state index < -0.39 is 23.4 Å². The summed E-state index contributed by atoms with van der Waals surface area (Å²) >= 11 is 5.85. The van der Waals surface area contributed by atoms with Crippen LogP contribution in [0.1, 0.15) is 22.3 Å². The number of nitro benzene ring substituents is 1. The van der Waals surface area contributed by atoms with Crippen molar-refractivity contribution in [2.24, 2.45) is 0 Å². The normalized spacial score (nSPS) is 13.0. The van der Waals surface area contributed by atoms with Crippen LogP contribution < -0.4 is 10.6 Å². The van der Waals surface area contributed by atoms with Gasteiger partial charge in [0.1, 0.15) is 0 Å². The molecule has 0 aromatic heterocycles. The van der Waals surface area contributed by atoms with Crippen molar-refractivity contribution < 1.29 is 19.2 Å². The number of aryl methyl sites for hydroxylation is 1. The number of non-ortho nitro benzene ring substituents is 1. The summed E-state index contributed by atoms with van der Waals surface area (Å²) in [6.07, 6.45) is 1.30. The minimum atomic E-state index is -0.746. The zero-order valence-electron chi connectivity index (χ0n) is 14.2. The van der Waals surface area contributed by atoms with Gasteiger partial charge in [0.05, 0.1) is 10.5 Å². The first-order chi connectivity index (χ1) is 12.9. The summed E-state index contributed by atoms with van der Waals surface area (Å²) in [6, 6.07) is 8.76. The highest BCUT2D eigenvalue weighted by Crippen LogP contribution is 2.30. The van der Waals surface area contributed by atoms with Crippen LogP contribution in [0.2, 0.25) is 5.02 Å². The molecule has 0 unspecified atom stereocenters. The highest BCUT2D eigenvalue weighted by Gasteiger charge is 2.25. The van der Waals surface area contributed by atoms with E-state index in [0.29, 0.717) is 35.7 Å². The predicted molar refractivity (Wildman–Crippen MR) is 99.9 cm³/mol. The Hall–Kier alpha value is -3.13. The lowest BCUT2D eigenvalue weighted by Crippen LogP contribution is -2.38. The first kappa shape index (κ1) is 18.7. The smallest absolute Gasteiger partial charge is 0.340 e. The highest BCUT2D eigenvalue weighted by molar-refractivity contribution is 6.31. The molecule has 2 aromatic rings. The molecule has 0 saturated carbocycles. The summed E-state index contributed by atoms with van der Waals surface area (Å²) in [5, 5.41) is 11.2. The van der Waals surface area contributed by atoms with Gasteiger partial charge in [-0.25, -0.2) is 4.79 Å². The SMILES string of the molecule is Nc1ccc(Cl)cc1C(=O)OCC(=O)N1CCCc2cc([N+](=O)[O-])ccc21. The molecule has 1 amide bonds. The van der Waals surface area contributed by atoms with E-state index >= 15 is 0 Å². The average molecular weight is 390 g/mol. The van der Waals surface area contributed by atoms with Gasteiger partial charge in [0.15, 0.2) is 6.61 Å². The number of hydrogen-bond donors (Lipinski definition) is 1. The summed E-state index contributed by atoms with van der Waals surface area (Å²) in [5.41, 5.74) is 7.31. The maximum absolute atomic E-state index is 12.5. The van der Waals surface area contributed by atoms with Crippen LogP contribution in [0.15, 0.2) is 36.4 Å². The molecule has 0 fully saturated rings. The van der Waals surface area contributed by atoms with E-state index in [2.05, 4.69) is 0 Å². The maximum Gasteiger partial charge on any atom is 0.340 e. The van der Waals surface area contributed by atoms with Gasteiger partial charge in [0.25, 0.3) is 11.6 Å². The van der Waals surface area contributed by atoms with Gasteiger partial charge in [0.2, 0.25) is 0 Å². The topological polar surface area (TPSA) is 116 Å². The number of carbonyl (C=O) groups excluding carboxylic acids is 2. The summed E-state index contributed by atoms with van der Waals surface area (Å²) in [5.74, 6) is -1.16. The Kier molecular flexibility index (Phi) is 5.27. The predicted octanol–water partition coefficient (Wildman–Crippen LogP) is 2.97. The van der Waals surface area contributed by atoms with Crippen LogP contribution in [-0.4, -0.2) is 30.0 Å². The molecule has 1 heterocycles. The van der Waals surface area contributed by atoms with E-state index in [9.17, 15) is 19.7 Å². The summed E-state index contributed by atoms with van der Waals surface area (Å²) in [6.45, 7) is -0.0261. The third kappa shape index (κ3) is 4.01. The number of nitrogens with two attached hydrogens (primary N) is 1. The number of esters is 1. The summed E-state index contributed by atoms with van der Waals surface area (Å²) in [4.78, 5) is 36.6. The number of anilines is 2. The van der Waals surface area contributed by atoms with E-state index in [-0.39, 0.29) is 16.9 Å². The number of carbonyl (C=O) groups is 2. The second kappa shape index (κ2) is 7.63. The molecule has 0 bridgehead atoms. The molecule has 0 radical (unpaired) electrons. The lowest BCUT2D eigenvalue weighted by atomic mass is 10.0. The zero-order chi connectivity index (χ0) is 19.6. The standard InChI is InChI=1S/C18H16ClN3O5/c19-12-3-5-15(20)14(9-12)18(24)27-10-17(23)21-7-1-2-11-8-13(22(25)26)4-6-16(11)21/h3-6,8-9H,1-2,7,10,20H2. The molecule has 2 N–H and O–H groups in total. The van der Waals surface area contributed by atoms with Crippen molar-refractivity contribution >= 4 is 40.5 Å². The number of fused-ring (bicyclic) bond motifs is 1. The van der Waals surface area contributed by atoms with Gasteiger partial charge in [-0.15, -0.1) is 0 Å². The van der Waals surface area contributed by atoms with Crippen LogP contribution in [0.5, 0.6) is 0 Å². The van der Waals surface area contributed by atoms with Gasteiger partial charge >= 0.3 is 5.97 Å². The van der Waals surface area contributed by atoms with Crippen LogP contribution in [0, 0.1) is 10.1 Å². The van der Waals surface area contributed by atoms with E-state index in [1.54, 1.807) is 12.1 Å². The highest BCUT2D eigenvalue weighted by atomic mass is 35.5. The Morgan fingerprint density at radius 1 is 1.26 bits per heavy atom. The molecule has 0 aliphatic carbocycles. The third-order valence-electron chi connectivity index (χ3n) is 4.26. The number of benzene rings is 2. The monoisotopic (exact) mass is 389 g/mol. The third-order valence-corrected chi connectivity index (χ3v) is 4.49. The summed E-state index contributed by atoms with van der Waals surface area (Å²) in [7, 11) is 0. The van der Waals surface area contributed by atoms with Gasteiger partial charge in [-0.3, -0.25) is 14.9 Å². The molecule has 9 heteroatoms. The fourth-order valence-corrected chi connectivity index (χ4v) is 3.12. The molecule has 0 spiro atoms. The van der Waals surface area contributed by atoms with Crippen molar-refractivity contribution in [2.75, 3.05) is 23.8 Å². The number of nitro groups is 1. The van der Waals surface area contributed by atoms with Crippen molar-refractivity contribution in [3.63, 3.8) is 0 Å². The number of halogens is 1. The molecule has 1 aliphatic rings. The van der Waals surface area contributed by atoms with Crippen LogP contribution >= 0.6 is 11.6 Å². The molecule has 27 heavy (non-hydrogen) atoms. The quantitative estimate of drug-likeness (QED) is 0.372. The number of amides is 1. The van der Waals surface area contributed by atoms with E-state index in [0.717, 1.165) is 0 Å². The minimum Gasteiger partial charge on any atom is -0.452 e. The first-order valence-electron chi connectivity index (χ1n) is 8.16. The number of ether oxygens (including phenoxy) is 1. The molecule has 2 aromatic carbocycles. The van der Waals surface area contributed by atoms with Crippen LogP contribution in [0.4, 0.5) is 17.1 Å². The molecule has 140 valence electrons. The van der Waals surface area contributed by atoms with Crippen molar-refractivity contribution in [3.8, 4) is 0 Å². The van der Waals surface area contributed by atoms with Crippen molar-refractivity contribution in [2.45, 2.75) is 12.8 Å². The fourth-order valence-electron chi connectivity index (χ4n) is 2.94. The number of nitrogen functional groups attached to an aromatic ring is 1. The van der Waals surface area contributed by atoms with Gasteiger partial charge in [0, 0.05) is 35.1 Å². The molecule has 3 rings (SSSR count). The second-order valence-electron chi connectivity index (χ2n) is 6.03. The number of rotatable bonds is 4. The van der Waals surface area contributed by atoms with E-state index in [4.69, 9.17) is 22.1 Å². The molecule has 0 saturated heterocycles. The largest absolute Gasteiger partial charge is 0.452 e. The Balaban J connectivity index is 1.71. The minimum absolute atomic E-state index is 0.0223. The average Bonchev–Trinajstić information content (AvgIpc) is 2.66.